The lowest BCUT2D eigenvalue weighted by Gasteiger charge is -2.46. The first-order valence-corrected chi connectivity index (χ1v) is 15.9. The molecule has 0 bridgehead atoms. The van der Waals surface area contributed by atoms with Crippen LogP contribution < -0.4 is 21.3 Å². The van der Waals surface area contributed by atoms with Gasteiger partial charge in [-0.2, -0.15) is 0 Å². The summed E-state index contributed by atoms with van der Waals surface area (Å²) >= 11 is 0. The maximum atomic E-state index is 2.62. The van der Waals surface area contributed by atoms with E-state index in [1.54, 1.807) is 0 Å². The molecule has 0 amide bonds. The standard InChI is InChI=1S/C40H46BN/c1-24-12-15-29-33(19-24)41-32-17-13-26(37(3,4)5)21-34(32)42(35-20-25(2)18-31(36(35)41)40(29,10)11)27-14-16-28-30(22-27)39(8,9)23-38(28,6)7/h12-22H,23H2,1-11H3. The van der Waals surface area contributed by atoms with Crippen LogP contribution in [-0.4, -0.2) is 6.71 Å². The number of rotatable bonds is 1. The molecule has 42 heavy (non-hydrogen) atoms. The van der Waals surface area contributed by atoms with Gasteiger partial charge < -0.3 is 4.90 Å². The second-order valence-electron chi connectivity index (χ2n) is 16.4. The summed E-state index contributed by atoms with van der Waals surface area (Å²) in [5, 5.41) is 0. The smallest absolute Gasteiger partial charge is 0.247 e. The van der Waals surface area contributed by atoms with Gasteiger partial charge in [0.05, 0.1) is 0 Å². The molecule has 214 valence electrons. The Kier molecular flexibility index (Phi) is 5.53. The second kappa shape index (κ2) is 8.43. The Labute approximate surface area is 254 Å². The highest BCUT2D eigenvalue weighted by Crippen LogP contribution is 2.52. The van der Waals surface area contributed by atoms with E-state index in [1.165, 1.54) is 78.8 Å². The summed E-state index contributed by atoms with van der Waals surface area (Å²) in [5.41, 5.74) is 18.6. The van der Waals surface area contributed by atoms with Gasteiger partial charge in [-0.1, -0.05) is 116 Å². The first-order chi connectivity index (χ1) is 19.5. The SMILES string of the molecule is Cc1ccc2c(c1)B1c3ccc(C(C)(C)C)cc3N(c3ccc4c(c3)C(C)(C)CC4(C)C)c3cc(C)cc(c31)C2(C)C. The van der Waals surface area contributed by atoms with E-state index in [2.05, 4.69) is 148 Å². The fourth-order valence-corrected chi connectivity index (χ4v) is 8.87. The van der Waals surface area contributed by atoms with Crippen molar-refractivity contribution in [2.24, 2.45) is 0 Å². The number of hydrogen-bond acceptors (Lipinski definition) is 1. The highest BCUT2D eigenvalue weighted by molar-refractivity contribution is 6.99. The molecule has 7 rings (SSSR count). The van der Waals surface area contributed by atoms with Crippen LogP contribution in [0, 0.1) is 13.8 Å². The summed E-state index contributed by atoms with van der Waals surface area (Å²) in [6.45, 7) is 26.3. The lowest BCUT2D eigenvalue weighted by Crippen LogP contribution is -2.64. The highest BCUT2D eigenvalue weighted by Gasteiger charge is 2.47. The fourth-order valence-electron chi connectivity index (χ4n) is 8.87. The van der Waals surface area contributed by atoms with Crippen molar-refractivity contribution in [2.45, 2.75) is 104 Å². The molecule has 1 aliphatic carbocycles. The zero-order chi connectivity index (χ0) is 30.1. The van der Waals surface area contributed by atoms with Crippen molar-refractivity contribution in [3.8, 4) is 0 Å². The Balaban J connectivity index is 1.58. The summed E-state index contributed by atoms with van der Waals surface area (Å²) in [5.74, 6) is 0. The fraction of sp³-hybridized carbons (Fsp3) is 0.400. The summed E-state index contributed by atoms with van der Waals surface area (Å²) in [7, 11) is 0. The minimum absolute atomic E-state index is 0.0613. The number of anilines is 3. The Morgan fingerprint density at radius 1 is 0.619 bits per heavy atom. The quantitative estimate of drug-likeness (QED) is 0.189. The van der Waals surface area contributed by atoms with Crippen LogP contribution >= 0.6 is 0 Å². The van der Waals surface area contributed by atoms with Crippen LogP contribution in [0.5, 0.6) is 0 Å². The lowest BCUT2D eigenvalue weighted by atomic mass is 9.30. The molecule has 3 aliphatic rings. The van der Waals surface area contributed by atoms with Gasteiger partial charge in [0, 0.05) is 22.5 Å². The van der Waals surface area contributed by atoms with E-state index in [4.69, 9.17) is 0 Å². The van der Waals surface area contributed by atoms with E-state index in [0.29, 0.717) is 0 Å². The molecule has 2 heteroatoms. The van der Waals surface area contributed by atoms with Crippen molar-refractivity contribution >= 4 is 40.2 Å². The van der Waals surface area contributed by atoms with Crippen LogP contribution in [0.15, 0.2) is 66.7 Å². The minimum atomic E-state index is -0.0753. The predicted octanol–water partition coefficient (Wildman–Crippen LogP) is 8.50. The van der Waals surface area contributed by atoms with Crippen molar-refractivity contribution in [3.05, 3.63) is 106 Å². The molecule has 4 aromatic carbocycles. The third kappa shape index (κ3) is 3.76. The molecule has 0 radical (unpaired) electrons. The maximum Gasteiger partial charge on any atom is 0.247 e. The summed E-state index contributed by atoms with van der Waals surface area (Å²) in [6.07, 6.45) is 1.18. The number of hydrogen-bond donors (Lipinski definition) is 0. The average molecular weight is 552 g/mol. The van der Waals surface area contributed by atoms with Gasteiger partial charge in [-0.05, 0) is 105 Å². The molecule has 0 fully saturated rings. The van der Waals surface area contributed by atoms with Gasteiger partial charge >= 0.3 is 0 Å². The zero-order valence-electron chi connectivity index (χ0n) is 27.6. The number of fused-ring (bicyclic) bond motifs is 5. The molecule has 0 spiro atoms. The van der Waals surface area contributed by atoms with Gasteiger partial charge in [0.2, 0.25) is 6.71 Å². The van der Waals surface area contributed by atoms with Gasteiger partial charge in [0.25, 0.3) is 0 Å². The van der Waals surface area contributed by atoms with Crippen LogP contribution in [0.3, 0.4) is 0 Å². The third-order valence-corrected chi connectivity index (χ3v) is 10.7. The summed E-state index contributed by atoms with van der Waals surface area (Å²) in [4.78, 5) is 2.62. The monoisotopic (exact) mass is 551 g/mol. The maximum absolute atomic E-state index is 2.62. The molecule has 2 heterocycles. The molecular weight excluding hydrogens is 505 g/mol. The first kappa shape index (κ1) is 27.6. The molecule has 0 N–H and O–H groups in total. The van der Waals surface area contributed by atoms with E-state index in [0.717, 1.165) is 0 Å². The predicted molar refractivity (Wildman–Crippen MR) is 183 cm³/mol. The van der Waals surface area contributed by atoms with E-state index < -0.39 is 0 Å². The molecular formula is C40H46BN. The van der Waals surface area contributed by atoms with Crippen LogP contribution in [-0.2, 0) is 21.7 Å². The molecule has 4 aromatic rings. The molecule has 0 aromatic heterocycles. The van der Waals surface area contributed by atoms with Crippen molar-refractivity contribution in [3.63, 3.8) is 0 Å². The van der Waals surface area contributed by atoms with Crippen LogP contribution in [0.4, 0.5) is 17.1 Å². The summed E-state index contributed by atoms with van der Waals surface area (Å²) < 4.78 is 0. The van der Waals surface area contributed by atoms with Crippen LogP contribution in [0.25, 0.3) is 0 Å². The van der Waals surface area contributed by atoms with Crippen molar-refractivity contribution in [1.82, 2.24) is 0 Å². The number of benzene rings is 4. The topological polar surface area (TPSA) is 3.24 Å². The van der Waals surface area contributed by atoms with Gasteiger partial charge in [0.1, 0.15) is 0 Å². The van der Waals surface area contributed by atoms with Crippen molar-refractivity contribution in [1.29, 1.82) is 0 Å². The number of nitrogens with zero attached hydrogens (tertiary/aromatic N) is 1. The zero-order valence-corrected chi connectivity index (χ0v) is 27.6. The van der Waals surface area contributed by atoms with E-state index >= 15 is 0 Å². The average Bonchev–Trinajstić information content (AvgIpc) is 3.07. The molecule has 2 aliphatic heterocycles. The van der Waals surface area contributed by atoms with Crippen LogP contribution in [0.1, 0.15) is 108 Å². The van der Waals surface area contributed by atoms with E-state index in [1.807, 2.05) is 0 Å². The summed E-state index contributed by atoms with van der Waals surface area (Å²) in [6, 6.07) is 26.8. The number of aryl methyl sites for hydroxylation is 2. The third-order valence-electron chi connectivity index (χ3n) is 10.7. The van der Waals surface area contributed by atoms with Gasteiger partial charge in [-0.25, -0.2) is 0 Å². The Morgan fingerprint density at radius 3 is 2.02 bits per heavy atom. The lowest BCUT2D eigenvalue weighted by molar-refractivity contribution is 0.403. The molecule has 0 atom stereocenters. The largest absolute Gasteiger partial charge is 0.311 e. The van der Waals surface area contributed by atoms with E-state index in [-0.39, 0.29) is 28.4 Å². The van der Waals surface area contributed by atoms with Gasteiger partial charge in [-0.15, -0.1) is 0 Å². The van der Waals surface area contributed by atoms with Crippen molar-refractivity contribution in [2.75, 3.05) is 4.90 Å². The van der Waals surface area contributed by atoms with Gasteiger partial charge in [0.15, 0.2) is 0 Å². The second-order valence-corrected chi connectivity index (χ2v) is 16.4. The highest BCUT2D eigenvalue weighted by atomic mass is 15.2. The Hall–Kier alpha value is -3.26. The molecule has 0 saturated heterocycles. The van der Waals surface area contributed by atoms with Crippen molar-refractivity contribution < 1.29 is 0 Å². The normalized spacial score (nSPS) is 18.7. The molecule has 0 saturated carbocycles. The minimum Gasteiger partial charge on any atom is -0.311 e. The molecule has 1 nitrogen and oxygen atoms in total. The Morgan fingerprint density at radius 2 is 1.31 bits per heavy atom. The van der Waals surface area contributed by atoms with E-state index in [9.17, 15) is 0 Å². The van der Waals surface area contributed by atoms with Crippen LogP contribution in [0.2, 0.25) is 0 Å². The Bertz CT molecular complexity index is 1800. The molecule has 0 unspecified atom stereocenters. The van der Waals surface area contributed by atoms with Gasteiger partial charge in [-0.3, -0.25) is 0 Å². The first-order valence-electron chi connectivity index (χ1n) is 15.9.